The lowest BCUT2D eigenvalue weighted by Gasteiger charge is -2.20. The SMILES string of the molecule is CCCC(C)C(N)c1ccc2nc(C)ccc2c1. The standard InChI is InChI=1S/C16H22N2/c1-4-5-11(2)16(17)14-8-9-15-13(10-14)7-6-12(3)18-15/h6-11,16H,4-5,17H2,1-3H3. The minimum Gasteiger partial charge on any atom is -0.324 e. The third-order valence-corrected chi connectivity index (χ3v) is 3.59. The lowest BCUT2D eigenvalue weighted by atomic mass is 9.91. The van der Waals surface area contributed by atoms with Gasteiger partial charge in [-0.3, -0.25) is 4.98 Å². The predicted molar refractivity (Wildman–Crippen MR) is 77.5 cm³/mol. The second-order valence-electron chi connectivity index (χ2n) is 5.20. The van der Waals surface area contributed by atoms with Crippen molar-refractivity contribution in [1.82, 2.24) is 4.98 Å². The summed E-state index contributed by atoms with van der Waals surface area (Å²) < 4.78 is 0. The van der Waals surface area contributed by atoms with E-state index in [-0.39, 0.29) is 6.04 Å². The molecule has 0 saturated heterocycles. The van der Waals surface area contributed by atoms with Gasteiger partial charge in [0.05, 0.1) is 5.52 Å². The van der Waals surface area contributed by atoms with E-state index >= 15 is 0 Å². The van der Waals surface area contributed by atoms with Crippen LogP contribution in [0.2, 0.25) is 0 Å². The quantitative estimate of drug-likeness (QED) is 0.880. The van der Waals surface area contributed by atoms with Gasteiger partial charge in [-0.2, -0.15) is 0 Å². The summed E-state index contributed by atoms with van der Waals surface area (Å²) in [6.45, 7) is 6.45. The molecule has 2 atom stereocenters. The van der Waals surface area contributed by atoms with Crippen LogP contribution in [0.4, 0.5) is 0 Å². The van der Waals surface area contributed by atoms with Crippen molar-refractivity contribution in [1.29, 1.82) is 0 Å². The van der Waals surface area contributed by atoms with Crippen molar-refractivity contribution in [3.05, 3.63) is 41.6 Å². The first-order valence-electron chi connectivity index (χ1n) is 6.74. The molecular formula is C16H22N2. The fourth-order valence-electron chi connectivity index (χ4n) is 2.42. The number of hydrogen-bond acceptors (Lipinski definition) is 2. The van der Waals surface area contributed by atoms with Crippen molar-refractivity contribution in [2.24, 2.45) is 11.7 Å². The first kappa shape index (κ1) is 13.0. The molecule has 2 N–H and O–H groups in total. The van der Waals surface area contributed by atoms with Crippen LogP contribution in [0.3, 0.4) is 0 Å². The maximum Gasteiger partial charge on any atom is 0.0705 e. The minimum absolute atomic E-state index is 0.121. The molecule has 0 aliphatic rings. The monoisotopic (exact) mass is 242 g/mol. The Bertz CT molecular complexity index is 534. The van der Waals surface area contributed by atoms with E-state index in [1.807, 2.05) is 13.0 Å². The van der Waals surface area contributed by atoms with E-state index < -0.39 is 0 Å². The van der Waals surface area contributed by atoms with E-state index in [0.717, 1.165) is 11.2 Å². The summed E-state index contributed by atoms with van der Waals surface area (Å²) in [4.78, 5) is 4.52. The molecule has 96 valence electrons. The molecule has 0 radical (unpaired) electrons. The van der Waals surface area contributed by atoms with E-state index in [1.54, 1.807) is 0 Å². The topological polar surface area (TPSA) is 38.9 Å². The van der Waals surface area contributed by atoms with E-state index in [9.17, 15) is 0 Å². The highest BCUT2D eigenvalue weighted by atomic mass is 14.7. The number of nitrogens with zero attached hydrogens (tertiary/aromatic N) is 1. The number of nitrogens with two attached hydrogens (primary N) is 1. The van der Waals surface area contributed by atoms with Crippen LogP contribution in [-0.2, 0) is 0 Å². The number of aryl methyl sites for hydroxylation is 1. The van der Waals surface area contributed by atoms with E-state index in [2.05, 4.69) is 43.1 Å². The zero-order valence-electron chi connectivity index (χ0n) is 11.5. The van der Waals surface area contributed by atoms with Crippen LogP contribution in [-0.4, -0.2) is 4.98 Å². The maximum absolute atomic E-state index is 6.33. The highest BCUT2D eigenvalue weighted by molar-refractivity contribution is 5.79. The van der Waals surface area contributed by atoms with Crippen molar-refractivity contribution >= 4 is 10.9 Å². The largest absolute Gasteiger partial charge is 0.324 e. The van der Waals surface area contributed by atoms with Crippen molar-refractivity contribution in [3.63, 3.8) is 0 Å². The second-order valence-corrected chi connectivity index (χ2v) is 5.20. The number of hydrogen-bond donors (Lipinski definition) is 1. The Morgan fingerprint density at radius 3 is 2.72 bits per heavy atom. The van der Waals surface area contributed by atoms with E-state index in [4.69, 9.17) is 5.73 Å². The first-order valence-corrected chi connectivity index (χ1v) is 6.74. The Kier molecular flexibility index (Phi) is 3.97. The summed E-state index contributed by atoms with van der Waals surface area (Å²) in [6, 6.07) is 10.7. The molecule has 18 heavy (non-hydrogen) atoms. The molecule has 0 amide bonds. The number of fused-ring (bicyclic) bond motifs is 1. The zero-order valence-corrected chi connectivity index (χ0v) is 11.5. The summed E-state index contributed by atoms with van der Waals surface area (Å²) in [5.41, 5.74) is 9.65. The van der Waals surface area contributed by atoms with Gasteiger partial charge in [-0.15, -0.1) is 0 Å². The van der Waals surface area contributed by atoms with Crippen LogP contribution in [0.15, 0.2) is 30.3 Å². The van der Waals surface area contributed by atoms with Crippen LogP contribution in [0, 0.1) is 12.8 Å². The van der Waals surface area contributed by atoms with Crippen molar-refractivity contribution in [2.75, 3.05) is 0 Å². The molecular weight excluding hydrogens is 220 g/mol. The zero-order chi connectivity index (χ0) is 13.1. The Morgan fingerprint density at radius 1 is 1.22 bits per heavy atom. The van der Waals surface area contributed by atoms with Gasteiger partial charge in [0.25, 0.3) is 0 Å². The van der Waals surface area contributed by atoms with Crippen molar-refractivity contribution in [3.8, 4) is 0 Å². The highest BCUT2D eigenvalue weighted by Crippen LogP contribution is 2.25. The normalized spacial score (nSPS) is 14.7. The minimum atomic E-state index is 0.121. The second kappa shape index (κ2) is 5.49. The average molecular weight is 242 g/mol. The molecule has 1 aromatic carbocycles. The summed E-state index contributed by atoms with van der Waals surface area (Å²) in [5.74, 6) is 0.519. The van der Waals surface area contributed by atoms with Gasteiger partial charge in [0, 0.05) is 17.1 Å². The molecule has 0 fully saturated rings. The van der Waals surface area contributed by atoms with Crippen LogP contribution in [0.25, 0.3) is 10.9 Å². The van der Waals surface area contributed by atoms with E-state index in [0.29, 0.717) is 5.92 Å². The molecule has 0 saturated carbocycles. The van der Waals surface area contributed by atoms with E-state index in [1.165, 1.54) is 23.8 Å². The van der Waals surface area contributed by atoms with Gasteiger partial charge in [-0.05, 0) is 43.0 Å². The van der Waals surface area contributed by atoms with Crippen LogP contribution < -0.4 is 5.73 Å². The van der Waals surface area contributed by atoms with Gasteiger partial charge >= 0.3 is 0 Å². The molecule has 2 rings (SSSR count). The van der Waals surface area contributed by atoms with Crippen molar-refractivity contribution < 1.29 is 0 Å². The Labute approximate surface area is 109 Å². The van der Waals surface area contributed by atoms with Gasteiger partial charge in [-0.1, -0.05) is 32.4 Å². The Morgan fingerprint density at radius 2 is 2.00 bits per heavy atom. The molecule has 0 bridgehead atoms. The fraction of sp³-hybridized carbons (Fsp3) is 0.438. The summed E-state index contributed by atoms with van der Waals surface area (Å²) in [5, 5.41) is 1.18. The fourth-order valence-corrected chi connectivity index (χ4v) is 2.42. The first-order chi connectivity index (χ1) is 8.61. The van der Waals surface area contributed by atoms with Gasteiger partial charge in [-0.25, -0.2) is 0 Å². The van der Waals surface area contributed by atoms with Gasteiger partial charge in [0.15, 0.2) is 0 Å². The van der Waals surface area contributed by atoms with Gasteiger partial charge in [0.2, 0.25) is 0 Å². The smallest absolute Gasteiger partial charge is 0.0705 e. The molecule has 0 spiro atoms. The predicted octanol–water partition coefficient (Wildman–Crippen LogP) is 3.98. The third kappa shape index (κ3) is 2.70. The van der Waals surface area contributed by atoms with Gasteiger partial charge in [0.1, 0.15) is 0 Å². The Hall–Kier alpha value is -1.41. The van der Waals surface area contributed by atoms with Crippen LogP contribution >= 0.6 is 0 Å². The number of benzene rings is 1. The average Bonchev–Trinajstić information content (AvgIpc) is 2.37. The summed E-state index contributed by atoms with van der Waals surface area (Å²) in [6.07, 6.45) is 2.36. The third-order valence-electron chi connectivity index (χ3n) is 3.59. The number of aromatic nitrogens is 1. The maximum atomic E-state index is 6.33. The molecule has 0 aliphatic carbocycles. The molecule has 1 aromatic heterocycles. The summed E-state index contributed by atoms with van der Waals surface area (Å²) in [7, 11) is 0. The molecule has 0 aliphatic heterocycles. The number of pyridine rings is 1. The van der Waals surface area contributed by atoms with Crippen molar-refractivity contribution in [2.45, 2.75) is 39.7 Å². The highest BCUT2D eigenvalue weighted by Gasteiger charge is 2.14. The molecule has 1 heterocycles. The summed E-state index contributed by atoms with van der Waals surface area (Å²) >= 11 is 0. The number of rotatable bonds is 4. The van der Waals surface area contributed by atoms with Crippen LogP contribution in [0.5, 0.6) is 0 Å². The lowest BCUT2D eigenvalue weighted by molar-refractivity contribution is 0.434. The molecule has 2 aromatic rings. The van der Waals surface area contributed by atoms with Crippen LogP contribution in [0.1, 0.15) is 44.0 Å². The molecule has 2 nitrogen and oxygen atoms in total. The van der Waals surface area contributed by atoms with Gasteiger partial charge < -0.3 is 5.73 Å². The molecule has 2 heteroatoms. The molecule has 2 unspecified atom stereocenters. The Balaban J connectivity index is 2.32. The lowest BCUT2D eigenvalue weighted by Crippen LogP contribution is -2.18.